The van der Waals surface area contributed by atoms with Gasteiger partial charge in [0.15, 0.2) is 5.96 Å². The van der Waals surface area contributed by atoms with Gasteiger partial charge < -0.3 is 25.6 Å². The summed E-state index contributed by atoms with van der Waals surface area (Å²) in [6.07, 6.45) is 0.388. The van der Waals surface area contributed by atoms with Crippen LogP contribution in [0.25, 0.3) is 0 Å². The summed E-state index contributed by atoms with van der Waals surface area (Å²) < 4.78 is 5.17. The number of aliphatic imine (C=N–C) groups is 1. The third-order valence-electron chi connectivity index (χ3n) is 2.94. The highest BCUT2D eigenvalue weighted by Crippen LogP contribution is 2.06. The second-order valence-corrected chi connectivity index (χ2v) is 6.37. The first-order valence-electron chi connectivity index (χ1n) is 8.46. The van der Waals surface area contributed by atoms with E-state index in [1.54, 1.807) is 0 Å². The summed E-state index contributed by atoms with van der Waals surface area (Å²) >= 11 is 0. The van der Waals surface area contributed by atoms with Gasteiger partial charge in [-0.3, -0.25) is 4.99 Å². The van der Waals surface area contributed by atoms with E-state index in [1.165, 1.54) is 0 Å². The molecule has 0 radical (unpaired) electrons. The zero-order chi connectivity index (χ0) is 17.7. The summed E-state index contributed by atoms with van der Waals surface area (Å²) in [4.78, 5) is 18.2. The predicted octanol–water partition coefficient (Wildman–Crippen LogP) is 1.41. The summed E-state index contributed by atoms with van der Waals surface area (Å²) in [7, 11) is 2.09. The lowest BCUT2D eigenvalue weighted by atomic mass is 10.2. The molecule has 0 aromatic carbocycles. The highest BCUT2D eigenvalue weighted by molar-refractivity contribution is 5.79. The molecule has 0 aliphatic heterocycles. The van der Waals surface area contributed by atoms with Gasteiger partial charge in [0.2, 0.25) is 0 Å². The Morgan fingerprint density at radius 1 is 1.13 bits per heavy atom. The van der Waals surface area contributed by atoms with Crippen molar-refractivity contribution in [3.8, 4) is 0 Å². The van der Waals surface area contributed by atoms with Crippen LogP contribution in [0.3, 0.4) is 0 Å². The van der Waals surface area contributed by atoms with E-state index >= 15 is 0 Å². The predicted molar refractivity (Wildman–Crippen MR) is 96.0 cm³/mol. The van der Waals surface area contributed by atoms with E-state index < -0.39 is 5.60 Å². The Bertz CT molecular complexity index is 353. The van der Waals surface area contributed by atoms with Crippen molar-refractivity contribution in [3.05, 3.63) is 0 Å². The van der Waals surface area contributed by atoms with Crippen LogP contribution in [0.4, 0.5) is 4.79 Å². The van der Waals surface area contributed by atoms with Gasteiger partial charge in [-0.1, -0.05) is 6.92 Å². The lowest BCUT2D eigenvalue weighted by molar-refractivity contribution is 0.0527. The lowest BCUT2D eigenvalue weighted by Crippen LogP contribution is -2.41. The molecule has 0 saturated carbocycles. The number of carbonyl (C=O) groups excluding carboxylic acids is 1. The number of rotatable bonds is 9. The standard InChI is InChI=1S/C16H35N5O2/c1-7-17-14(19-12-13-21(6)8-2)18-10-9-11-20-15(22)23-16(3,4)5/h7-13H2,1-6H3,(H,20,22)(H2,17,18,19). The van der Waals surface area contributed by atoms with Gasteiger partial charge in [0, 0.05) is 32.7 Å². The Hall–Kier alpha value is -1.50. The Kier molecular flexibility index (Phi) is 11.2. The second kappa shape index (κ2) is 12.0. The first-order chi connectivity index (χ1) is 10.8. The van der Waals surface area contributed by atoms with E-state index in [0.29, 0.717) is 13.1 Å². The fourth-order valence-electron chi connectivity index (χ4n) is 1.64. The molecule has 3 N–H and O–H groups in total. The lowest BCUT2D eigenvalue weighted by Gasteiger charge is -2.19. The minimum atomic E-state index is -0.462. The summed E-state index contributed by atoms with van der Waals surface area (Å²) in [5.41, 5.74) is -0.462. The topological polar surface area (TPSA) is 78.0 Å². The molecular formula is C16H35N5O2. The molecule has 0 atom stereocenters. The van der Waals surface area contributed by atoms with Gasteiger partial charge >= 0.3 is 6.09 Å². The summed E-state index contributed by atoms with van der Waals surface area (Å²) in [5, 5.41) is 9.25. The molecular weight excluding hydrogens is 294 g/mol. The molecule has 0 bridgehead atoms. The van der Waals surface area contributed by atoms with Crippen molar-refractivity contribution in [3.63, 3.8) is 0 Å². The van der Waals surface area contributed by atoms with Crippen LogP contribution in [0.2, 0.25) is 0 Å². The number of carbonyl (C=O) groups is 1. The number of alkyl carbamates (subject to hydrolysis) is 1. The van der Waals surface area contributed by atoms with E-state index in [0.717, 1.165) is 38.6 Å². The van der Waals surface area contributed by atoms with Crippen molar-refractivity contribution < 1.29 is 9.53 Å². The van der Waals surface area contributed by atoms with Crippen molar-refractivity contribution in [2.45, 2.75) is 46.6 Å². The molecule has 0 spiro atoms. The van der Waals surface area contributed by atoms with Crippen molar-refractivity contribution in [1.82, 2.24) is 20.9 Å². The van der Waals surface area contributed by atoms with Crippen molar-refractivity contribution in [2.75, 3.05) is 46.3 Å². The average Bonchev–Trinajstić information content (AvgIpc) is 2.44. The van der Waals surface area contributed by atoms with Crippen LogP contribution in [0.1, 0.15) is 41.0 Å². The van der Waals surface area contributed by atoms with Gasteiger partial charge in [-0.25, -0.2) is 4.79 Å². The number of likely N-dealkylation sites (N-methyl/N-ethyl adjacent to an activating group) is 1. The number of ether oxygens (including phenoxy) is 1. The van der Waals surface area contributed by atoms with Gasteiger partial charge in [0.05, 0.1) is 0 Å². The van der Waals surface area contributed by atoms with Crippen LogP contribution >= 0.6 is 0 Å². The fraction of sp³-hybridized carbons (Fsp3) is 0.875. The molecule has 0 aliphatic carbocycles. The zero-order valence-corrected chi connectivity index (χ0v) is 15.7. The quantitative estimate of drug-likeness (QED) is 0.339. The number of hydrogen-bond donors (Lipinski definition) is 3. The first kappa shape index (κ1) is 21.5. The molecule has 0 rings (SSSR count). The SMILES string of the molecule is CCNC(=NCCCNC(=O)OC(C)(C)C)NCCN(C)CC. The van der Waals surface area contributed by atoms with Crippen LogP contribution < -0.4 is 16.0 Å². The molecule has 0 heterocycles. The minimum Gasteiger partial charge on any atom is -0.444 e. The van der Waals surface area contributed by atoms with Crippen molar-refractivity contribution in [1.29, 1.82) is 0 Å². The van der Waals surface area contributed by atoms with E-state index in [-0.39, 0.29) is 6.09 Å². The number of nitrogens with zero attached hydrogens (tertiary/aromatic N) is 2. The van der Waals surface area contributed by atoms with Gasteiger partial charge in [-0.15, -0.1) is 0 Å². The minimum absolute atomic E-state index is 0.380. The number of nitrogens with one attached hydrogen (secondary N) is 3. The van der Waals surface area contributed by atoms with Crippen molar-refractivity contribution in [2.24, 2.45) is 4.99 Å². The van der Waals surface area contributed by atoms with Crippen LogP contribution in [0, 0.1) is 0 Å². The van der Waals surface area contributed by atoms with Gasteiger partial charge in [0.1, 0.15) is 5.60 Å². The van der Waals surface area contributed by atoms with Gasteiger partial charge in [-0.05, 0) is 47.7 Å². The number of guanidine groups is 1. The Balaban J connectivity index is 3.95. The third-order valence-corrected chi connectivity index (χ3v) is 2.94. The maximum Gasteiger partial charge on any atom is 0.407 e. The normalized spacial score (nSPS) is 12.2. The molecule has 0 fully saturated rings. The Morgan fingerprint density at radius 3 is 2.39 bits per heavy atom. The van der Waals surface area contributed by atoms with Crippen LogP contribution in [-0.2, 0) is 4.74 Å². The highest BCUT2D eigenvalue weighted by atomic mass is 16.6. The average molecular weight is 329 g/mol. The molecule has 23 heavy (non-hydrogen) atoms. The van der Waals surface area contributed by atoms with E-state index in [4.69, 9.17) is 4.74 Å². The number of amides is 1. The molecule has 0 saturated heterocycles. The zero-order valence-electron chi connectivity index (χ0n) is 15.7. The first-order valence-corrected chi connectivity index (χ1v) is 8.46. The molecule has 0 aliphatic rings. The molecule has 0 unspecified atom stereocenters. The monoisotopic (exact) mass is 329 g/mol. The molecule has 0 aromatic rings. The summed E-state index contributed by atoms with van der Waals surface area (Å²) in [6.45, 7) is 14.6. The molecule has 0 aromatic heterocycles. The summed E-state index contributed by atoms with van der Waals surface area (Å²) in [6, 6.07) is 0. The van der Waals surface area contributed by atoms with E-state index in [9.17, 15) is 4.79 Å². The highest BCUT2D eigenvalue weighted by Gasteiger charge is 2.15. The molecule has 136 valence electrons. The Labute approximate surface area is 141 Å². The number of hydrogen-bond acceptors (Lipinski definition) is 4. The van der Waals surface area contributed by atoms with Crippen LogP contribution in [0.15, 0.2) is 4.99 Å². The Morgan fingerprint density at radius 2 is 1.83 bits per heavy atom. The maximum atomic E-state index is 11.5. The maximum absolute atomic E-state index is 11.5. The molecule has 7 heteroatoms. The largest absolute Gasteiger partial charge is 0.444 e. The third kappa shape index (κ3) is 13.9. The second-order valence-electron chi connectivity index (χ2n) is 6.37. The fourth-order valence-corrected chi connectivity index (χ4v) is 1.64. The van der Waals surface area contributed by atoms with Gasteiger partial charge in [-0.2, -0.15) is 0 Å². The van der Waals surface area contributed by atoms with Crippen LogP contribution in [-0.4, -0.2) is 68.9 Å². The summed E-state index contributed by atoms with van der Waals surface area (Å²) in [5.74, 6) is 0.814. The van der Waals surface area contributed by atoms with E-state index in [1.807, 2.05) is 27.7 Å². The smallest absolute Gasteiger partial charge is 0.407 e. The van der Waals surface area contributed by atoms with E-state index in [2.05, 4.69) is 39.8 Å². The van der Waals surface area contributed by atoms with Crippen LogP contribution in [0.5, 0.6) is 0 Å². The molecule has 1 amide bonds. The van der Waals surface area contributed by atoms with Gasteiger partial charge in [0.25, 0.3) is 0 Å². The van der Waals surface area contributed by atoms with Crippen molar-refractivity contribution >= 4 is 12.1 Å². The molecule has 7 nitrogen and oxygen atoms in total.